The van der Waals surface area contributed by atoms with Gasteiger partial charge in [-0.3, -0.25) is 9.48 Å². The third kappa shape index (κ3) is 2.68. The highest BCUT2D eigenvalue weighted by Gasteiger charge is 2.06. The molecular weight excluding hydrogens is 296 g/mol. The number of benzene rings is 1. The molecule has 0 spiro atoms. The van der Waals surface area contributed by atoms with Gasteiger partial charge in [0, 0.05) is 23.3 Å². The number of phenolic OH excluding ortho intramolecular Hbond substituents is 1. The van der Waals surface area contributed by atoms with Gasteiger partial charge in [0.1, 0.15) is 11.4 Å². The highest BCUT2D eigenvalue weighted by Crippen LogP contribution is 2.23. The van der Waals surface area contributed by atoms with Crippen LogP contribution in [0.3, 0.4) is 0 Å². The van der Waals surface area contributed by atoms with Crippen LogP contribution in [0.4, 0.5) is 0 Å². The molecule has 0 unspecified atom stereocenters. The fraction of sp³-hybridized carbons (Fsp3) is 0.0769. The molecule has 0 amide bonds. The van der Waals surface area contributed by atoms with E-state index in [1.807, 2.05) is 0 Å². The van der Waals surface area contributed by atoms with E-state index in [9.17, 15) is 9.90 Å². The number of nitrogens with zero attached hydrogens (tertiary/aromatic N) is 2. The second kappa shape index (κ2) is 5.18. The van der Waals surface area contributed by atoms with Crippen molar-refractivity contribution in [3.63, 3.8) is 0 Å². The summed E-state index contributed by atoms with van der Waals surface area (Å²) in [6.07, 6.45) is 4.56. The lowest BCUT2D eigenvalue weighted by molar-refractivity contribution is 0.103. The van der Waals surface area contributed by atoms with Crippen LogP contribution in [-0.4, -0.2) is 20.7 Å². The van der Waals surface area contributed by atoms with Crippen LogP contribution >= 0.6 is 15.9 Å². The molecule has 0 bridgehead atoms. The Kier molecular flexibility index (Phi) is 3.62. The van der Waals surface area contributed by atoms with E-state index in [4.69, 9.17) is 0 Å². The van der Waals surface area contributed by atoms with Gasteiger partial charge in [0.25, 0.3) is 0 Å². The van der Waals surface area contributed by atoms with Crippen LogP contribution in [0, 0.1) is 0 Å². The van der Waals surface area contributed by atoms with Crippen molar-refractivity contribution in [1.29, 1.82) is 0 Å². The monoisotopic (exact) mass is 306 g/mol. The van der Waals surface area contributed by atoms with E-state index in [1.165, 1.54) is 10.8 Å². The molecule has 1 N–H and O–H groups in total. The molecule has 0 atom stereocenters. The third-order valence-corrected chi connectivity index (χ3v) is 2.97. The molecule has 1 aromatic heterocycles. The molecule has 5 heteroatoms. The number of halogens is 1. The van der Waals surface area contributed by atoms with E-state index in [1.54, 1.807) is 43.6 Å². The highest BCUT2D eigenvalue weighted by molar-refractivity contribution is 9.10. The van der Waals surface area contributed by atoms with E-state index < -0.39 is 0 Å². The molecule has 18 heavy (non-hydrogen) atoms. The Bertz CT molecular complexity index is 617. The number of hydrogen-bond donors (Lipinski definition) is 1. The summed E-state index contributed by atoms with van der Waals surface area (Å²) in [5, 5.41) is 13.6. The number of ketones is 1. The maximum absolute atomic E-state index is 11.9. The zero-order chi connectivity index (χ0) is 13.1. The molecule has 0 aliphatic heterocycles. The fourth-order valence-corrected chi connectivity index (χ4v) is 1.90. The van der Waals surface area contributed by atoms with Crippen LogP contribution in [0.15, 0.2) is 41.0 Å². The van der Waals surface area contributed by atoms with Gasteiger partial charge in [-0.2, -0.15) is 5.10 Å². The first-order chi connectivity index (χ1) is 8.58. The molecule has 0 aliphatic carbocycles. The van der Waals surface area contributed by atoms with Crippen molar-refractivity contribution in [2.24, 2.45) is 7.05 Å². The second-order valence-corrected chi connectivity index (χ2v) is 4.66. The molecule has 0 saturated carbocycles. The highest BCUT2D eigenvalue weighted by atomic mass is 79.9. The standard InChI is InChI=1S/C13H11BrN2O2/c1-16-11(6-7-15-16)13(18)4-2-9-8-10(14)3-5-12(9)17/h2-8,17H,1H3. The van der Waals surface area contributed by atoms with Gasteiger partial charge in [0.15, 0.2) is 0 Å². The Balaban J connectivity index is 2.24. The Morgan fingerprint density at radius 3 is 2.89 bits per heavy atom. The van der Waals surface area contributed by atoms with Gasteiger partial charge in [-0.15, -0.1) is 0 Å². The quantitative estimate of drug-likeness (QED) is 0.701. The number of hydrogen-bond acceptors (Lipinski definition) is 3. The van der Waals surface area contributed by atoms with Crippen LogP contribution in [-0.2, 0) is 7.05 Å². The largest absolute Gasteiger partial charge is 0.507 e. The summed E-state index contributed by atoms with van der Waals surface area (Å²) in [4.78, 5) is 11.9. The van der Waals surface area contributed by atoms with Gasteiger partial charge in [0.2, 0.25) is 5.78 Å². The summed E-state index contributed by atoms with van der Waals surface area (Å²) in [5.74, 6) is -0.0263. The number of allylic oxidation sites excluding steroid dienone is 1. The van der Waals surface area contributed by atoms with Gasteiger partial charge >= 0.3 is 0 Å². The van der Waals surface area contributed by atoms with Crippen molar-refractivity contribution in [3.8, 4) is 5.75 Å². The van der Waals surface area contributed by atoms with Crippen LogP contribution in [0.1, 0.15) is 16.1 Å². The zero-order valence-electron chi connectivity index (χ0n) is 9.67. The van der Waals surface area contributed by atoms with Crippen molar-refractivity contribution in [1.82, 2.24) is 9.78 Å². The van der Waals surface area contributed by atoms with Crippen LogP contribution in [0.5, 0.6) is 5.75 Å². The predicted octanol–water partition coefficient (Wildman–Crippen LogP) is 2.78. The molecule has 0 fully saturated rings. The molecular formula is C13H11BrN2O2. The van der Waals surface area contributed by atoms with Gasteiger partial charge in [-0.25, -0.2) is 0 Å². The Morgan fingerprint density at radius 2 is 2.22 bits per heavy atom. The minimum atomic E-state index is -0.158. The summed E-state index contributed by atoms with van der Waals surface area (Å²) in [6.45, 7) is 0. The minimum Gasteiger partial charge on any atom is -0.507 e. The topological polar surface area (TPSA) is 55.1 Å². The summed E-state index contributed by atoms with van der Waals surface area (Å²) in [7, 11) is 1.71. The van der Waals surface area contributed by atoms with E-state index in [-0.39, 0.29) is 11.5 Å². The van der Waals surface area contributed by atoms with Crippen LogP contribution in [0.25, 0.3) is 6.08 Å². The molecule has 4 nitrogen and oxygen atoms in total. The Hall–Kier alpha value is -1.88. The van der Waals surface area contributed by atoms with Gasteiger partial charge in [0.05, 0.1) is 0 Å². The molecule has 92 valence electrons. The van der Waals surface area contributed by atoms with E-state index in [0.717, 1.165) is 4.47 Å². The summed E-state index contributed by atoms with van der Waals surface area (Å²) in [6, 6.07) is 6.68. The maximum Gasteiger partial charge on any atom is 0.203 e. The number of aromatic hydroxyl groups is 1. The SMILES string of the molecule is Cn1nccc1C(=O)C=Cc1cc(Br)ccc1O. The van der Waals surface area contributed by atoms with Gasteiger partial charge < -0.3 is 5.11 Å². The van der Waals surface area contributed by atoms with Crippen molar-refractivity contribution < 1.29 is 9.90 Å². The second-order valence-electron chi connectivity index (χ2n) is 3.74. The molecule has 1 heterocycles. The zero-order valence-corrected chi connectivity index (χ0v) is 11.3. The molecule has 0 aliphatic rings. The van der Waals surface area contributed by atoms with Crippen molar-refractivity contribution in [3.05, 3.63) is 52.3 Å². The fourth-order valence-electron chi connectivity index (χ4n) is 1.53. The average Bonchev–Trinajstić information content (AvgIpc) is 2.76. The average molecular weight is 307 g/mol. The maximum atomic E-state index is 11.9. The Labute approximate surface area is 113 Å². The molecule has 0 radical (unpaired) electrons. The number of aromatic nitrogens is 2. The van der Waals surface area contributed by atoms with E-state index >= 15 is 0 Å². The van der Waals surface area contributed by atoms with Crippen LogP contribution in [0.2, 0.25) is 0 Å². The normalized spacial score (nSPS) is 11.0. The van der Waals surface area contributed by atoms with Crippen molar-refractivity contribution >= 4 is 27.8 Å². The van der Waals surface area contributed by atoms with Gasteiger partial charge in [-0.1, -0.05) is 15.9 Å². The summed E-state index contributed by atoms with van der Waals surface area (Å²) in [5.41, 5.74) is 1.08. The number of phenols is 1. The van der Waals surface area contributed by atoms with E-state index in [2.05, 4.69) is 21.0 Å². The summed E-state index contributed by atoms with van der Waals surface area (Å²) >= 11 is 3.31. The first-order valence-corrected chi connectivity index (χ1v) is 6.06. The van der Waals surface area contributed by atoms with E-state index in [0.29, 0.717) is 11.3 Å². The Morgan fingerprint density at radius 1 is 1.44 bits per heavy atom. The van der Waals surface area contributed by atoms with Crippen molar-refractivity contribution in [2.75, 3.05) is 0 Å². The number of aryl methyl sites for hydroxylation is 1. The van der Waals surface area contributed by atoms with Crippen molar-refractivity contribution in [2.45, 2.75) is 0 Å². The number of rotatable bonds is 3. The first kappa shape index (κ1) is 12.6. The number of carbonyl (C=O) groups is 1. The lowest BCUT2D eigenvalue weighted by Crippen LogP contribution is -2.03. The number of carbonyl (C=O) groups excluding carboxylic acids is 1. The first-order valence-electron chi connectivity index (χ1n) is 5.27. The third-order valence-electron chi connectivity index (χ3n) is 2.48. The molecule has 0 saturated heterocycles. The molecule has 2 aromatic rings. The predicted molar refractivity (Wildman–Crippen MR) is 72.4 cm³/mol. The van der Waals surface area contributed by atoms with Gasteiger partial charge in [-0.05, 0) is 36.4 Å². The molecule has 1 aromatic carbocycles. The lowest BCUT2D eigenvalue weighted by atomic mass is 10.1. The van der Waals surface area contributed by atoms with Crippen LogP contribution < -0.4 is 0 Å². The lowest BCUT2D eigenvalue weighted by Gasteiger charge is -2.00. The molecule has 2 rings (SSSR count). The minimum absolute atomic E-state index is 0.132. The smallest absolute Gasteiger partial charge is 0.203 e. The summed E-state index contributed by atoms with van der Waals surface area (Å²) < 4.78 is 2.35.